The van der Waals surface area contributed by atoms with E-state index in [-0.39, 0.29) is 5.02 Å². The zero-order valence-electron chi connectivity index (χ0n) is 9.22. The molecular formula is C12H11Cl2NO2. The number of hydrogen-bond acceptors (Lipinski definition) is 3. The Balaban J connectivity index is 2.70. The van der Waals surface area contributed by atoms with Crippen LogP contribution in [0.2, 0.25) is 10.0 Å². The van der Waals surface area contributed by atoms with Gasteiger partial charge in [0.15, 0.2) is 0 Å². The fourth-order valence-corrected chi connectivity index (χ4v) is 1.95. The minimum atomic E-state index is -0.542. The van der Waals surface area contributed by atoms with Crippen LogP contribution < -0.4 is 10.9 Å². The van der Waals surface area contributed by atoms with Gasteiger partial charge in [0.05, 0.1) is 5.69 Å². The first-order chi connectivity index (χ1) is 8.13. The summed E-state index contributed by atoms with van der Waals surface area (Å²) >= 11 is 11.9. The van der Waals surface area contributed by atoms with E-state index in [0.717, 1.165) is 18.4 Å². The highest BCUT2D eigenvalue weighted by Gasteiger charge is 2.12. The summed E-state index contributed by atoms with van der Waals surface area (Å²) in [7, 11) is 0. The van der Waals surface area contributed by atoms with Crippen LogP contribution >= 0.6 is 23.2 Å². The van der Waals surface area contributed by atoms with Crippen LogP contribution in [0, 0.1) is 0 Å². The van der Waals surface area contributed by atoms with Crippen molar-refractivity contribution < 1.29 is 4.42 Å². The second kappa shape index (κ2) is 4.98. The van der Waals surface area contributed by atoms with E-state index >= 15 is 0 Å². The van der Waals surface area contributed by atoms with Crippen molar-refractivity contribution in [3.8, 4) is 0 Å². The van der Waals surface area contributed by atoms with Crippen molar-refractivity contribution in [2.24, 2.45) is 0 Å². The molecule has 3 nitrogen and oxygen atoms in total. The fraction of sp³-hybridized carbons (Fsp3) is 0.250. The second-order valence-corrected chi connectivity index (χ2v) is 4.46. The molecule has 0 aliphatic heterocycles. The van der Waals surface area contributed by atoms with Crippen LogP contribution in [0.15, 0.2) is 27.4 Å². The van der Waals surface area contributed by atoms with Gasteiger partial charge in [0.25, 0.3) is 0 Å². The summed E-state index contributed by atoms with van der Waals surface area (Å²) < 4.78 is 5.08. The maximum Gasteiger partial charge on any atom is 0.357 e. The van der Waals surface area contributed by atoms with Crippen molar-refractivity contribution in [1.29, 1.82) is 0 Å². The van der Waals surface area contributed by atoms with E-state index in [1.165, 1.54) is 0 Å². The van der Waals surface area contributed by atoms with E-state index in [2.05, 4.69) is 5.32 Å². The largest absolute Gasteiger partial charge is 0.422 e. The van der Waals surface area contributed by atoms with Crippen molar-refractivity contribution in [1.82, 2.24) is 0 Å². The van der Waals surface area contributed by atoms with Crippen molar-refractivity contribution in [2.75, 3.05) is 11.9 Å². The average molecular weight is 272 g/mol. The summed E-state index contributed by atoms with van der Waals surface area (Å²) in [5.74, 6) is 0. The molecule has 0 amide bonds. The molecule has 1 N–H and O–H groups in total. The molecule has 1 heterocycles. The van der Waals surface area contributed by atoms with Crippen LogP contribution in [-0.2, 0) is 0 Å². The third-order valence-corrected chi connectivity index (χ3v) is 2.94. The topological polar surface area (TPSA) is 42.2 Å². The van der Waals surface area contributed by atoms with Gasteiger partial charge in [-0.2, -0.15) is 0 Å². The minimum absolute atomic E-state index is 0.0632. The van der Waals surface area contributed by atoms with Crippen molar-refractivity contribution >= 4 is 39.9 Å². The first-order valence-corrected chi connectivity index (χ1v) is 6.04. The summed E-state index contributed by atoms with van der Waals surface area (Å²) in [5, 5.41) is 4.48. The number of nitrogens with one attached hydrogen (secondary N) is 1. The van der Waals surface area contributed by atoms with Gasteiger partial charge in [0.1, 0.15) is 10.6 Å². The van der Waals surface area contributed by atoms with Crippen molar-refractivity contribution in [2.45, 2.75) is 13.3 Å². The highest BCUT2D eigenvalue weighted by atomic mass is 35.5. The number of hydrogen-bond donors (Lipinski definition) is 1. The maximum atomic E-state index is 11.5. The summed E-state index contributed by atoms with van der Waals surface area (Å²) in [6.45, 7) is 2.76. The molecule has 0 saturated carbocycles. The Morgan fingerprint density at radius 1 is 1.35 bits per heavy atom. The quantitative estimate of drug-likeness (QED) is 0.861. The van der Waals surface area contributed by atoms with Gasteiger partial charge in [-0.25, -0.2) is 4.79 Å². The van der Waals surface area contributed by atoms with Crippen LogP contribution in [0.5, 0.6) is 0 Å². The van der Waals surface area contributed by atoms with Crippen LogP contribution in [0.25, 0.3) is 11.0 Å². The Kier molecular flexibility index (Phi) is 3.60. The van der Waals surface area contributed by atoms with Gasteiger partial charge in [-0.3, -0.25) is 0 Å². The molecule has 0 atom stereocenters. The number of anilines is 1. The molecular weight excluding hydrogens is 261 g/mol. The lowest BCUT2D eigenvalue weighted by Crippen LogP contribution is -2.08. The Hall–Kier alpha value is -1.19. The minimum Gasteiger partial charge on any atom is -0.422 e. The maximum absolute atomic E-state index is 11.5. The van der Waals surface area contributed by atoms with E-state index in [1.54, 1.807) is 18.2 Å². The van der Waals surface area contributed by atoms with Gasteiger partial charge >= 0.3 is 5.63 Å². The van der Waals surface area contributed by atoms with Gasteiger partial charge in [-0.15, -0.1) is 0 Å². The summed E-state index contributed by atoms with van der Waals surface area (Å²) in [6, 6.07) is 5.06. The molecule has 0 radical (unpaired) electrons. The van der Waals surface area contributed by atoms with Gasteiger partial charge in [-0.05, 0) is 24.6 Å². The summed E-state index contributed by atoms with van der Waals surface area (Å²) in [6.07, 6.45) is 0.929. The van der Waals surface area contributed by atoms with Gasteiger partial charge in [0.2, 0.25) is 0 Å². The third-order valence-electron chi connectivity index (χ3n) is 2.36. The number of benzene rings is 1. The molecule has 0 aliphatic carbocycles. The molecule has 1 aromatic carbocycles. The lowest BCUT2D eigenvalue weighted by molar-refractivity contribution is 0.562. The molecule has 0 saturated heterocycles. The lowest BCUT2D eigenvalue weighted by atomic mass is 10.2. The zero-order chi connectivity index (χ0) is 12.4. The Morgan fingerprint density at radius 2 is 2.12 bits per heavy atom. The Labute approximate surface area is 108 Å². The van der Waals surface area contributed by atoms with Gasteiger partial charge < -0.3 is 9.73 Å². The third kappa shape index (κ3) is 2.40. The molecule has 0 bridgehead atoms. The highest BCUT2D eigenvalue weighted by molar-refractivity contribution is 6.35. The normalized spacial score (nSPS) is 10.8. The fourth-order valence-electron chi connectivity index (χ4n) is 1.57. The van der Waals surface area contributed by atoms with Crippen molar-refractivity contribution in [3.05, 3.63) is 38.7 Å². The molecule has 90 valence electrons. The highest BCUT2D eigenvalue weighted by Crippen LogP contribution is 2.30. The van der Waals surface area contributed by atoms with Crippen LogP contribution in [-0.4, -0.2) is 6.54 Å². The first-order valence-electron chi connectivity index (χ1n) is 5.29. The Morgan fingerprint density at radius 3 is 2.82 bits per heavy atom. The zero-order valence-corrected chi connectivity index (χ0v) is 10.7. The monoisotopic (exact) mass is 271 g/mol. The number of rotatable bonds is 3. The van der Waals surface area contributed by atoms with Crippen LogP contribution in [0.4, 0.5) is 5.69 Å². The summed E-state index contributed by atoms with van der Waals surface area (Å²) in [5.41, 5.74) is 0.518. The Bertz CT molecular complexity index is 607. The standard InChI is InChI=1S/C12H11Cl2NO2/c1-2-5-15-11-8-6-7(13)3-4-9(8)17-12(16)10(11)14/h3-4,6,15H,2,5H2,1H3. The summed E-state index contributed by atoms with van der Waals surface area (Å²) in [4.78, 5) is 11.5. The molecule has 0 fully saturated rings. The number of halogens is 2. The molecule has 2 rings (SSSR count). The van der Waals surface area contributed by atoms with Crippen molar-refractivity contribution in [3.63, 3.8) is 0 Å². The molecule has 0 spiro atoms. The molecule has 0 aliphatic rings. The van der Waals surface area contributed by atoms with E-state index in [4.69, 9.17) is 27.6 Å². The van der Waals surface area contributed by atoms with E-state index in [9.17, 15) is 4.79 Å². The van der Waals surface area contributed by atoms with Gasteiger partial charge in [0, 0.05) is 17.0 Å². The lowest BCUT2D eigenvalue weighted by Gasteiger charge is -2.09. The van der Waals surface area contributed by atoms with Gasteiger partial charge in [-0.1, -0.05) is 30.1 Å². The van der Waals surface area contributed by atoms with Crippen LogP contribution in [0.1, 0.15) is 13.3 Å². The predicted octanol–water partition coefficient (Wildman–Crippen LogP) is 3.92. The molecule has 0 unspecified atom stereocenters. The first kappa shape index (κ1) is 12.3. The second-order valence-electron chi connectivity index (χ2n) is 3.65. The number of fused-ring (bicyclic) bond motifs is 1. The predicted molar refractivity (Wildman–Crippen MR) is 71.3 cm³/mol. The van der Waals surface area contributed by atoms with E-state index in [0.29, 0.717) is 16.3 Å². The SMILES string of the molecule is CCCNc1c(Cl)c(=O)oc2ccc(Cl)cc12. The smallest absolute Gasteiger partial charge is 0.357 e. The molecule has 17 heavy (non-hydrogen) atoms. The molecule has 5 heteroatoms. The molecule has 1 aromatic heterocycles. The van der Waals surface area contributed by atoms with E-state index < -0.39 is 5.63 Å². The van der Waals surface area contributed by atoms with Crippen LogP contribution in [0.3, 0.4) is 0 Å². The average Bonchev–Trinajstić information content (AvgIpc) is 2.31. The van der Waals surface area contributed by atoms with E-state index in [1.807, 2.05) is 6.92 Å². The molecule has 2 aromatic rings.